The van der Waals surface area contributed by atoms with Gasteiger partial charge in [-0.25, -0.2) is 4.79 Å². The third-order valence-corrected chi connectivity index (χ3v) is 4.74. The summed E-state index contributed by atoms with van der Waals surface area (Å²) in [5, 5.41) is 3.88. The zero-order chi connectivity index (χ0) is 18.0. The van der Waals surface area contributed by atoms with Crippen molar-refractivity contribution in [2.24, 2.45) is 7.05 Å². The molecule has 3 rings (SSSR count). The van der Waals surface area contributed by atoms with E-state index in [4.69, 9.17) is 11.6 Å². The second-order valence-electron chi connectivity index (χ2n) is 5.95. The molecule has 1 N–H and O–H groups in total. The zero-order valence-electron chi connectivity index (χ0n) is 14.2. The van der Waals surface area contributed by atoms with Gasteiger partial charge in [-0.2, -0.15) is 0 Å². The quantitative estimate of drug-likeness (QED) is 0.829. The van der Waals surface area contributed by atoms with Crippen LogP contribution in [0.2, 0.25) is 5.02 Å². The SMILES string of the molecule is Cl.Cn1c(=O)ccn(CC(=O)N2CCNCC2c2ccccc2Cl)c1=O. The molecule has 0 spiro atoms. The molecular formula is C17H20Cl2N4O3. The van der Waals surface area contributed by atoms with Crippen LogP contribution in [-0.4, -0.2) is 39.6 Å². The van der Waals surface area contributed by atoms with Gasteiger partial charge in [0.15, 0.2) is 0 Å². The average molecular weight is 399 g/mol. The third-order valence-electron chi connectivity index (χ3n) is 4.39. The first-order valence-corrected chi connectivity index (χ1v) is 8.38. The molecule has 0 aliphatic carbocycles. The number of halogens is 2. The van der Waals surface area contributed by atoms with Gasteiger partial charge in [0.1, 0.15) is 6.54 Å². The molecule has 1 atom stereocenters. The summed E-state index contributed by atoms with van der Waals surface area (Å²) >= 11 is 6.29. The lowest BCUT2D eigenvalue weighted by atomic mass is 10.0. The van der Waals surface area contributed by atoms with E-state index in [0.717, 1.165) is 10.1 Å². The predicted octanol–water partition coefficient (Wildman–Crippen LogP) is 0.795. The van der Waals surface area contributed by atoms with Gasteiger partial charge >= 0.3 is 5.69 Å². The lowest BCUT2D eigenvalue weighted by Gasteiger charge is -2.37. The largest absolute Gasteiger partial charge is 0.331 e. The maximum atomic E-state index is 12.8. The van der Waals surface area contributed by atoms with Gasteiger partial charge in [-0.05, 0) is 11.6 Å². The number of rotatable bonds is 3. The van der Waals surface area contributed by atoms with Crippen molar-refractivity contribution in [3.8, 4) is 0 Å². The standard InChI is InChI=1S/C17H19ClN4O3.ClH/c1-20-15(23)6-8-21(17(20)25)11-16(24)22-9-7-19-10-14(22)12-4-2-3-5-13(12)18;/h2-6,8,14,19H,7,9-11H2,1H3;1H. The van der Waals surface area contributed by atoms with Crippen molar-refractivity contribution >= 4 is 29.9 Å². The first-order valence-electron chi connectivity index (χ1n) is 8.00. The molecule has 140 valence electrons. The molecule has 0 saturated carbocycles. The molecule has 1 amide bonds. The fourth-order valence-corrected chi connectivity index (χ4v) is 3.26. The molecule has 1 aliphatic rings. The van der Waals surface area contributed by atoms with Crippen LogP contribution in [0.5, 0.6) is 0 Å². The van der Waals surface area contributed by atoms with Crippen LogP contribution < -0.4 is 16.6 Å². The highest BCUT2D eigenvalue weighted by molar-refractivity contribution is 6.31. The lowest BCUT2D eigenvalue weighted by molar-refractivity contribution is -0.135. The van der Waals surface area contributed by atoms with E-state index in [9.17, 15) is 14.4 Å². The highest BCUT2D eigenvalue weighted by Crippen LogP contribution is 2.28. The number of aromatic nitrogens is 2. The highest BCUT2D eigenvalue weighted by atomic mass is 35.5. The summed E-state index contributed by atoms with van der Waals surface area (Å²) in [4.78, 5) is 38.2. The molecule has 1 saturated heterocycles. The van der Waals surface area contributed by atoms with Gasteiger partial charge in [-0.15, -0.1) is 12.4 Å². The Hall–Kier alpha value is -2.09. The van der Waals surface area contributed by atoms with Crippen LogP contribution in [0.25, 0.3) is 0 Å². The lowest BCUT2D eigenvalue weighted by Crippen LogP contribution is -2.50. The molecule has 1 aromatic carbocycles. The molecule has 1 unspecified atom stereocenters. The van der Waals surface area contributed by atoms with Crippen molar-refractivity contribution < 1.29 is 4.79 Å². The number of amides is 1. The smallest absolute Gasteiger partial charge is 0.331 e. The minimum absolute atomic E-state index is 0. The van der Waals surface area contributed by atoms with Gasteiger partial charge in [0, 0.05) is 44.0 Å². The first-order chi connectivity index (χ1) is 12.0. The zero-order valence-corrected chi connectivity index (χ0v) is 15.8. The van der Waals surface area contributed by atoms with Gasteiger partial charge in [0.2, 0.25) is 5.91 Å². The monoisotopic (exact) mass is 398 g/mol. The Labute approximate surface area is 161 Å². The molecule has 0 radical (unpaired) electrons. The first kappa shape index (κ1) is 20.2. The molecule has 2 heterocycles. The maximum absolute atomic E-state index is 12.8. The van der Waals surface area contributed by atoms with Crippen LogP contribution in [0, 0.1) is 0 Å². The molecule has 1 aliphatic heterocycles. The van der Waals surface area contributed by atoms with Crippen LogP contribution in [0.1, 0.15) is 11.6 Å². The van der Waals surface area contributed by atoms with Gasteiger partial charge < -0.3 is 10.2 Å². The number of piperazine rings is 1. The summed E-state index contributed by atoms with van der Waals surface area (Å²) in [6.07, 6.45) is 1.36. The predicted molar refractivity (Wildman–Crippen MR) is 102 cm³/mol. The Bertz CT molecular complexity index is 909. The number of nitrogens with zero attached hydrogens (tertiary/aromatic N) is 3. The molecule has 2 aromatic rings. The Morgan fingerprint density at radius 1 is 1.27 bits per heavy atom. The average Bonchev–Trinajstić information content (AvgIpc) is 2.62. The molecule has 9 heteroatoms. The van der Waals surface area contributed by atoms with Crippen molar-refractivity contribution in [3.63, 3.8) is 0 Å². The van der Waals surface area contributed by atoms with Crippen LogP contribution in [-0.2, 0) is 18.4 Å². The van der Waals surface area contributed by atoms with Gasteiger partial charge in [0.25, 0.3) is 5.56 Å². The van der Waals surface area contributed by atoms with Crippen molar-refractivity contribution in [1.29, 1.82) is 0 Å². The van der Waals surface area contributed by atoms with Gasteiger partial charge in [-0.1, -0.05) is 29.8 Å². The van der Waals surface area contributed by atoms with Crippen LogP contribution in [0.15, 0.2) is 46.1 Å². The topological polar surface area (TPSA) is 76.3 Å². The molecular weight excluding hydrogens is 379 g/mol. The highest BCUT2D eigenvalue weighted by Gasteiger charge is 2.29. The number of carbonyl (C=O) groups excluding carboxylic acids is 1. The van der Waals surface area contributed by atoms with Crippen LogP contribution >= 0.6 is 24.0 Å². The molecule has 7 nitrogen and oxygen atoms in total. The Balaban J connectivity index is 0.00000243. The fraction of sp³-hybridized carbons (Fsp3) is 0.353. The van der Waals surface area contributed by atoms with Gasteiger partial charge in [0.05, 0.1) is 6.04 Å². The third kappa shape index (κ3) is 4.00. The molecule has 0 bridgehead atoms. The molecule has 1 aromatic heterocycles. The van der Waals surface area contributed by atoms with E-state index >= 15 is 0 Å². The minimum atomic E-state index is -0.509. The Kier molecular flexibility index (Phi) is 6.63. The van der Waals surface area contributed by atoms with Crippen molar-refractivity contribution in [2.45, 2.75) is 12.6 Å². The maximum Gasteiger partial charge on any atom is 0.331 e. The number of carbonyl (C=O) groups is 1. The van der Waals surface area contributed by atoms with Crippen LogP contribution in [0.3, 0.4) is 0 Å². The minimum Gasteiger partial charge on any atom is -0.331 e. The van der Waals surface area contributed by atoms with E-state index < -0.39 is 11.2 Å². The van der Waals surface area contributed by atoms with Crippen molar-refractivity contribution in [1.82, 2.24) is 19.4 Å². The fourth-order valence-electron chi connectivity index (χ4n) is 3.00. The summed E-state index contributed by atoms with van der Waals surface area (Å²) in [7, 11) is 1.39. The summed E-state index contributed by atoms with van der Waals surface area (Å²) in [6.45, 7) is 1.68. The Morgan fingerprint density at radius 2 is 2.00 bits per heavy atom. The normalized spacial score (nSPS) is 16.8. The van der Waals surface area contributed by atoms with E-state index in [1.807, 2.05) is 18.2 Å². The van der Waals surface area contributed by atoms with Crippen molar-refractivity contribution in [3.05, 3.63) is 68.0 Å². The molecule has 1 fully saturated rings. The van der Waals surface area contributed by atoms with E-state index in [0.29, 0.717) is 24.7 Å². The van der Waals surface area contributed by atoms with E-state index in [1.54, 1.807) is 11.0 Å². The second kappa shape index (κ2) is 8.53. The number of hydrogen-bond donors (Lipinski definition) is 1. The second-order valence-corrected chi connectivity index (χ2v) is 6.36. The van der Waals surface area contributed by atoms with E-state index in [1.165, 1.54) is 23.9 Å². The summed E-state index contributed by atoms with van der Waals surface area (Å²) in [5.74, 6) is -0.188. The Morgan fingerprint density at radius 3 is 2.73 bits per heavy atom. The molecule has 26 heavy (non-hydrogen) atoms. The number of nitrogens with one attached hydrogen (secondary N) is 1. The van der Waals surface area contributed by atoms with Gasteiger partial charge in [-0.3, -0.25) is 18.7 Å². The van der Waals surface area contributed by atoms with Crippen LogP contribution in [0.4, 0.5) is 0 Å². The number of benzene rings is 1. The van der Waals surface area contributed by atoms with E-state index in [-0.39, 0.29) is 30.9 Å². The summed E-state index contributed by atoms with van der Waals surface area (Å²) in [5.41, 5.74) is -0.0346. The summed E-state index contributed by atoms with van der Waals surface area (Å²) in [6, 6.07) is 8.51. The van der Waals surface area contributed by atoms with Crippen molar-refractivity contribution in [2.75, 3.05) is 19.6 Å². The van der Waals surface area contributed by atoms with E-state index in [2.05, 4.69) is 5.32 Å². The number of hydrogen-bond acceptors (Lipinski definition) is 4. The summed E-state index contributed by atoms with van der Waals surface area (Å²) < 4.78 is 2.23.